The summed E-state index contributed by atoms with van der Waals surface area (Å²) in [5.74, 6) is 2.37. The van der Waals surface area contributed by atoms with Crippen molar-refractivity contribution in [3.63, 3.8) is 0 Å². The van der Waals surface area contributed by atoms with Crippen molar-refractivity contribution in [1.29, 1.82) is 0 Å². The Hall–Kier alpha value is -2.87. The van der Waals surface area contributed by atoms with Gasteiger partial charge in [-0.25, -0.2) is 9.97 Å². The third-order valence-corrected chi connectivity index (χ3v) is 5.06. The maximum Gasteiger partial charge on any atom is 0.275 e. The van der Waals surface area contributed by atoms with Crippen molar-refractivity contribution in [2.24, 2.45) is 0 Å². The Morgan fingerprint density at radius 3 is 2.50 bits per heavy atom. The van der Waals surface area contributed by atoms with Crippen LogP contribution in [0.25, 0.3) is 0 Å². The average Bonchev–Trinajstić information content (AvgIpc) is 2.77. The summed E-state index contributed by atoms with van der Waals surface area (Å²) < 4.78 is 11.3. The summed E-state index contributed by atoms with van der Waals surface area (Å²) in [4.78, 5) is 24.4. The van der Waals surface area contributed by atoms with Crippen LogP contribution in [0.2, 0.25) is 0 Å². The van der Waals surface area contributed by atoms with Gasteiger partial charge in [0.2, 0.25) is 5.95 Å². The number of carbonyl (C=O) groups is 1. The van der Waals surface area contributed by atoms with Crippen LogP contribution in [0, 0.1) is 0 Å². The molecule has 1 aromatic carbocycles. The van der Waals surface area contributed by atoms with Gasteiger partial charge in [0.05, 0.1) is 39.4 Å². The van der Waals surface area contributed by atoms with E-state index in [0.29, 0.717) is 26.3 Å². The van der Waals surface area contributed by atoms with Gasteiger partial charge < -0.3 is 24.6 Å². The first-order valence-electron chi connectivity index (χ1n) is 10.7. The van der Waals surface area contributed by atoms with Crippen LogP contribution in [0.4, 0.5) is 5.95 Å². The lowest BCUT2D eigenvalue weighted by molar-refractivity contribution is -0.892. The maximum absolute atomic E-state index is 12.3. The van der Waals surface area contributed by atoms with Gasteiger partial charge in [0.1, 0.15) is 0 Å². The zero-order valence-electron chi connectivity index (χ0n) is 17.9. The molecule has 0 saturated carbocycles. The Balaban J connectivity index is 1.39. The smallest absolute Gasteiger partial charge is 0.275 e. The fourth-order valence-electron chi connectivity index (χ4n) is 3.54. The summed E-state index contributed by atoms with van der Waals surface area (Å²) in [7, 11) is 0. The summed E-state index contributed by atoms with van der Waals surface area (Å²) >= 11 is 0. The van der Waals surface area contributed by atoms with E-state index in [4.69, 9.17) is 9.47 Å². The minimum Gasteiger partial charge on any atom is -0.490 e. The molecule has 2 heterocycles. The van der Waals surface area contributed by atoms with E-state index in [1.54, 1.807) is 12.4 Å². The Morgan fingerprint density at radius 2 is 1.80 bits per heavy atom. The highest BCUT2D eigenvalue weighted by Gasteiger charge is 2.23. The molecule has 30 heavy (non-hydrogen) atoms. The van der Waals surface area contributed by atoms with Gasteiger partial charge in [-0.1, -0.05) is 6.07 Å². The molecule has 0 spiro atoms. The molecule has 162 valence electrons. The molecule has 0 radical (unpaired) electrons. The minimum atomic E-state index is 0.0883. The molecule has 0 unspecified atom stereocenters. The van der Waals surface area contributed by atoms with Crippen LogP contribution in [0.15, 0.2) is 36.7 Å². The second-order valence-electron chi connectivity index (χ2n) is 7.21. The first-order chi connectivity index (χ1) is 14.7. The third-order valence-electron chi connectivity index (χ3n) is 5.06. The summed E-state index contributed by atoms with van der Waals surface area (Å²) in [5, 5.41) is 3.04. The molecule has 1 aromatic heterocycles. The summed E-state index contributed by atoms with van der Waals surface area (Å²) in [6.45, 7) is 9.74. The van der Waals surface area contributed by atoms with Crippen molar-refractivity contribution in [2.75, 3.05) is 57.4 Å². The zero-order chi connectivity index (χ0) is 21.2. The molecule has 0 bridgehead atoms. The monoisotopic (exact) mass is 414 g/mol. The summed E-state index contributed by atoms with van der Waals surface area (Å²) in [5.41, 5.74) is 1.12. The van der Waals surface area contributed by atoms with E-state index in [1.165, 1.54) is 4.90 Å². The molecule has 1 saturated heterocycles. The van der Waals surface area contributed by atoms with Gasteiger partial charge in [-0.15, -0.1) is 0 Å². The molecule has 3 rings (SSSR count). The fraction of sp³-hybridized carbons (Fsp3) is 0.500. The Bertz CT molecular complexity index is 795. The number of carbonyl (C=O) groups excluding carboxylic acids is 1. The number of anilines is 1. The second-order valence-corrected chi connectivity index (χ2v) is 7.21. The Morgan fingerprint density at radius 1 is 1.10 bits per heavy atom. The molecule has 1 amide bonds. The molecule has 8 heteroatoms. The van der Waals surface area contributed by atoms with Crippen molar-refractivity contribution < 1.29 is 19.2 Å². The van der Waals surface area contributed by atoms with E-state index in [9.17, 15) is 4.79 Å². The lowest BCUT2D eigenvalue weighted by Gasteiger charge is -2.31. The van der Waals surface area contributed by atoms with Crippen molar-refractivity contribution >= 4 is 11.9 Å². The normalized spacial score (nSPS) is 14.4. The van der Waals surface area contributed by atoms with Crippen molar-refractivity contribution in [1.82, 2.24) is 15.3 Å². The molecule has 1 fully saturated rings. The number of quaternary nitrogens is 1. The van der Waals surface area contributed by atoms with Crippen molar-refractivity contribution in [3.8, 4) is 11.5 Å². The van der Waals surface area contributed by atoms with Crippen LogP contribution >= 0.6 is 0 Å². The number of amides is 1. The highest BCUT2D eigenvalue weighted by atomic mass is 16.5. The third kappa shape index (κ3) is 6.32. The summed E-state index contributed by atoms with van der Waals surface area (Å²) in [6.07, 6.45) is 4.28. The topological polar surface area (TPSA) is 81.0 Å². The van der Waals surface area contributed by atoms with Gasteiger partial charge in [0.15, 0.2) is 18.0 Å². The van der Waals surface area contributed by atoms with E-state index in [1.807, 2.05) is 38.1 Å². The number of piperazine rings is 1. The molecule has 1 aliphatic heterocycles. The standard InChI is InChI=1S/C22H31N5O3/c1-3-29-19-7-6-18(16-20(19)30-4-2)8-11-23-21(28)17-26-12-14-27(15-13-26)22-24-9-5-10-25-22/h5-7,9-10,16H,3-4,8,11-15,17H2,1-2H3,(H,23,28)/p+1. The average molecular weight is 415 g/mol. The number of benzene rings is 1. The molecule has 8 nitrogen and oxygen atoms in total. The van der Waals surface area contributed by atoms with Crippen LogP contribution in [-0.2, 0) is 11.2 Å². The fourth-order valence-corrected chi connectivity index (χ4v) is 3.54. The molecule has 2 aromatic rings. The molecule has 1 aliphatic rings. The molecule has 0 atom stereocenters. The van der Waals surface area contributed by atoms with Gasteiger partial charge in [-0.05, 0) is 44.0 Å². The van der Waals surface area contributed by atoms with Crippen LogP contribution in [0.3, 0.4) is 0 Å². The van der Waals surface area contributed by atoms with Crippen molar-refractivity contribution in [3.05, 3.63) is 42.2 Å². The predicted molar refractivity (Wildman–Crippen MR) is 115 cm³/mol. The van der Waals surface area contributed by atoms with Gasteiger partial charge in [-0.2, -0.15) is 0 Å². The van der Waals surface area contributed by atoms with E-state index in [2.05, 4.69) is 20.2 Å². The van der Waals surface area contributed by atoms with E-state index >= 15 is 0 Å². The molecule has 2 N–H and O–H groups in total. The van der Waals surface area contributed by atoms with Crippen LogP contribution in [0.1, 0.15) is 19.4 Å². The lowest BCUT2D eigenvalue weighted by atomic mass is 10.1. The summed E-state index contributed by atoms with van der Waals surface area (Å²) in [6, 6.07) is 7.78. The van der Waals surface area contributed by atoms with Crippen LogP contribution in [-0.4, -0.2) is 68.4 Å². The van der Waals surface area contributed by atoms with Crippen molar-refractivity contribution in [2.45, 2.75) is 20.3 Å². The zero-order valence-corrected chi connectivity index (χ0v) is 17.9. The van der Waals surface area contributed by atoms with Gasteiger partial charge >= 0.3 is 0 Å². The lowest BCUT2D eigenvalue weighted by Crippen LogP contribution is -3.16. The minimum absolute atomic E-state index is 0.0883. The second kappa shape index (κ2) is 11.3. The van der Waals surface area contributed by atoms with Gasteiger partial charge in [0, 0.05) is 18.9 Å². The number of rotatable bonds is 10. The highest BCUT2D eigenvalue weighted by Crippen LogP contribution is 2.28. The maximum atomic E-state index is 12.3. The number of hydrogen-bond acceptors (Lipinski definition) is 6. The number of nitrogens with one attached hydrogen (secondary N) is 2. The first kappa shape index (κ1) is 21.8. The SMILES string of the molecule is CCOc1ccc(CCNC(=O)C[NH+]2CCN(c3ncccn3)CC2)cc1OCC. The molecular formula is C22H32N5O3+. The molecular weight excluding hydrogens is 382 g/mol. The van der Waals surface area contributed by atoms with E-state index < -0.39 is 0 Å². The largest absolute Gasteiger partial charge is 0.490 e. The Kier molecular flexibility index (Phi) is 8.26. The predicted octanol–water partition coefficient (Wildman–Crippen LogP) is 0.338. The van der Waals surface area contributed by atoms with Gasteiger partial charge in [-0.3, -0.25) is 4.79 Å². The van der Waals surface area contributed by atoms with Crippen LogP contribution in [0.5, 0.6) is 11.5 Å². The highest BCUT2D eigenvalue weighted by molar-refractivity contribution is 5.76. The first-order valence-corrected chi connectivity index (χ1v) is 10.7. The molecule has 0 aliphatic carbocycles. The number of ether oxygens (including phenoxy) is 2. The van der Waals surface area contributed by atoms with E-state index in [0.717, 1.165) is 55.6 Å². The van der Waals surface area contributed by atoms with E-state index in [-0.39, 0.29) is 5.91 Å². The number of hydrogen-bond donors (Lipinski definition) is 2. The quantitative estimate of drug-likeness (QED) is 0.584. The van der Waals surface area contributed by atoms with Gasteiger partial charge in [0.25, 0.3) is 5.91 Å². The number of aromatic nitrogens is 2. The Labute approximate surface area is 178 Å². The number of nitrogens with zero attached hydrogens (tertiary/aromatic N) is 3. The van der Waals surface area contributed by atoms with Crippen LogP contribution < -0.4 is 24.6 Å².